The molecule has 1 amide bonds. The van der Waals surface area contributed by atoms with Gasteiger partial charge in [-0.1, -0.05) is 37.3 Å². The highest BCUT2D eigenvalue weighted by Crippen LogP contribution is 2.07. The van der Waals surface area contributed by atoms with Gasteiger partial charge in [0.05, 0.1) is 6.61 Å². The number of ether oxygens (including phenoxy) is 1. The van der Waals surface area contributed by atoms with E-state index in [-0.39, 0.29) is 12.3 Å². The van der Waals surface area contributed by atoms with Crippen LogP contribution in [0.15, 0.2) is 30.3 Å². The number of rotatable bonds is 6. The second-order valence-corrected chi connectivity index (χ2v) is 5.34. The summed E-state index contributed by atoms with van der Waals surface area (Å²) in [6, 6.07) is 8.30. The van der Waals surface area contributed by atoms with Crippen molar-refractivity contribution in [3.8, 4) is 0 Å². The number of hydrogen-bond donors (Lipinski definition) is 2. The number of carboxylic acid groups (broad SMARTS) is 1. The average molecular weight is 306 g/mol. The molecule has 1 aromatic rings. The molecule has 2 rings (SSSR count). The summed E-state index contributed by atoms with van der Waals surface area (Å²) in [5.41, 5.74) is 0.870. The fourth-order valence-corrected chi connectivity index (χ4v) is 2.46. The van der Waals surface area contributed by atoms with Gasteiger partial charge in [-0.3, -0.25) is 9.69 Å². The number of amides is 1. The molecule has 6 heteroatoms. The first-order valence-corrected chi connectivity index (χ1v) is 7.51. The van der Waals surface area contributed by atoms with Crippen LogP contribution in [-0.2, 0) is 20.7 Å². The standard InChI is InChI=1S/C16H22N2O4/c1-2-18-8-9-22-14(11-18)15(19)17-13(16(20)21)10-12-6-4-3-5-7-12/h3-7,13-14H,2,8-11H2,1H3,(H,17,19)(H,20,21)/t13-,14+/m0/s1. The molecule has 0 bridgehead atoms. The Morgan fingerprint density at radius 3 is 2.77 bits per heavy atom. The Balaban J connectivity index is 1.95. The highest BCUT2D eigenvalue weighted by molar-refractivity contribution is 5.86. The summed E-state index contributed by atoms with van der Waals surface area (Å²) in [6.45, 7) is 4.66. The zero-order valence-corrected chi connectivity index (χ0v) is 12.7. The number of aliphatic carboxylic acids is 1. The smallest absolute Gasteiger partial charge is 0.326 e. The summed E-state index contributed by atoms with van der Waals surface area (Å²) in [6.07, 6.45) is -0.349. The Bertz CT molecular complexity index is 506. The van der Waals surface area contributed by atoms with Gasteiger partial charge in [0.2, 0.25) is 0 Å². The Hall–Kier alpha value is -1.92. The molecular weight excluding hydrogens is 284 g/mol. The zero-order chi connectivity index (χ0) is 15.9. The number of carbonyl (C=O) groups is 2. The topological polar surface area (TPSA) is 78.9 Å². The van der Waals surface area contributed by atoms with Crippen molar-refractivity contribution in [2.75, 3.05) is 26.2 Å². The van der Waals surface area contributed by atoms with Gasteiger partial charge in [0.1, 0.15) is 12.1 Å². The van der Waals surface area contributed by atoms with Crippen LogP contribution in [0.1, 0.15) is 12.5 Å². The highest BCUT2D eigenvalue weighted by atomic mass is 16.5. The molecule has 0 radical (unpaired) electrons. The lowest BCUT2D eigenvalue weighted by atomic mass is 10.1. The number of hydrogen-bond acceptors (Lipinski definition) is 4. The number of benzene rings is 1. The average Bonchev–Trinajstić information content (AvgIpc) is 2.55. The predicted octanol–water partition coefficient (Wildman–Crippen LogP) is 0.519. The predicted molar refractivity (Wildman–Crippen MR) is 81.6 cm³/mol. The molecule has 120 valence electrons. The first-order chi connectivity index (χ1) is 10.6. The summed E-state index contributed by atoms with van der Waals surface area (Å²) in [7, 11) is 0. The lowest BCUT2D eigenvalue weighted by Crippen LogP contribution is -2.53. The Morgan fingerprint density at radius 1 is 1.41 bits per heavy atom. The molecule has 2 N–H and O–H groups in total. The zero-order valence-electron chi connectivity index (χ0n) is 12.7. The van der Waals surface area contributed by atoms with Crippen molar-refractivity contribution in [2.45, 2.75) is 25.5 Å². The van der Waals surface area contributed by atoms with Crippen LogP contribution < -0.4 is 5.32 Å². The van der Waals surface area contributed by atoms with Gasteiger partial charge < -0.3 is 15.2 Å². The summed E-state index contributed by atoms with van der Waals surface area (Å²) in [5, 5.41) is 11.9. The molecule has 1 aliphatic rings. The fourth-order valence-electron chi connectivity index (χ4n) is 2.46. The molecular formula is C16H22N2O4. The van der Waals surface area contributed by atoms with Crippen LogP contribution >= 0.6 is 0 Å². The second-order valence-electron chi connectivity index (χ2n) is 5.34. The molecule has 0 spiro atoms. The summed E-state index contributed by atoms with van der Waals surface area (Å²) in [4.78, 5) is 25.7. The lowest BCUT2D eigenvalue weighted by molar-refractivity contribution is -0.146. The Labute approximate surface area is 130 Å². The largest absolute Gasteiger partial charge is 0.480 e. The van der Waals surface area contributed by atoms with Crippen LogP contribution in [0.4, 0.5) is 0 Å². The molecule has 0 unspecified atom stereocenters. The third-order valence-corrected chi connectivity index (χ3v) is 3.79. The number of carbonyl (C=O) groups excluding carboxylic acids is 1. The van der Waals surface area contributed by atoms with Gasteiger partial charge >= 0.3 is 5.97 Å². The van der Waals surface area contributed by atoms with Gasteiger partial charge in [0.15, 0.2) is 0 Å². The molecule has 1 heterocycles. The van der Waals surface area contributed by atoms with Crippen LogP contribution in [0.5, 0.6) is 0 Å². The van der Waals surface area contributed by atoms with Crippen molar-refractivity contribution < 1.29 is 19.4 Å². The number of morpholine rings is 1. The Morgan fingerprint density at radius 2 is 2.14 bits per heavy atom. The molecule has 1 aliphatic heterocycles. The monoisotopic (exact) mass is 306 g/mol. The van der Waals surface area contributed by atoms with Crippen molar-refractivity contribution in [3.63, 3.8) is 0 Å². The van der Waals surface area contributed by atoms with Crippen molar-refractivity contribution in [1.82, 2.24) is 10.2 Å². The van der Waals surface area contributed by atoms with E-state index in [2.05, 4.69) is 10.2 Å². The molecule has 1 aromatic carbocycles. The van der Waals surface area contributed by atoms with E-state index < -0.39 is 18.1 Å². The lowest BCUT2D eigenvalue weighted by Gasteiger charge is -2.31. The molecule has 0 aliphatic carbocycles. The fraction of sp³-hybridized carbons (Fsp3) is 0.500. The number of nitrogens with zero attached hydrogens (tertiary/aromatic N) is 1. The molecule has 6 nitrogen and oxygen atoms in total. The van der Waals surface area contributed by atoms with Gasteiger partial charge in [-0.2, -0.15) is 0 Å². The number of carboxylic acids is 1. The summed E-state index contributed by atoms with van der Waals surface area (Å²) >= 11 is 0. The molecule has 1 saturated heterocycles. The second kappa shape index (κ2) is 7.91. The number of nitrogens with one attached hydrogen (secondary N) is 1. The van der Waals surface area contributed by atoms with Crippen molar-refractivity contribution in [2.24, 2.45) is 0 Å². The van der Waals surface area contributed by atoms with Gasteiger partial charge in [-0.05, 0) is 12.1 Å². The minimum atomic E-state index is -1.04. The maximum Gasteiger partial charge on any atom is 0.326 e. The van der Waals surface area contributed by atoms with E-state index >= 15 is 0 Å². The first kappa shape index (κ1) is 16.5. The van der Waals surface area contributed by atoms with Crippen molar-refractivity contribution in [3.05, 3.63) is 35.9 Å². The van der Waals surface area contributed by atoms with E-state index in [1.54, 1.807) is 0 Å². The van der Waals surface area contributed by atoms with Gasteiger partial charge in [-0.15, -0.1) is 0 Å². The van der Waals surface area contributed by atoms with Crippen LogP contribution in [0.25, 0.3) is 0 Å². The van der Waals surface area contributed by atoms with Crippen LogP contribution in [0.2, 0.25) is 0 Å². The van der Waals surface area contributed by atoms with E-state index in [9.17, 15) is 14.7 Å². The summed E-state index contributed by atoms with van der Waals surface area (Å²) in [5.74, 6) is -1.40. The van der Waals surface area contributed by atoms with Gasteiger partial charge in [-0.25, -0.2) is 4.79 Å². The minimum absolute atomic E-state index is 0.256. The molecule has 22 heavy (non-hydrogen) atoms. The SMILES string of the molecule is CCN1CCO[C@@H](C(=O)N[C@@H](Cc2ccccc2)C(=O)O)C1. The van der Waals surface area contributed by atoms with E-state index in [0.29, 0.717) is 13.2 Å². The normalized spacial score (nSPS) is 20.3. The minimum Gasteiger partial charge on any atom is -0.480 e. The third kappa shape index (κ3) is 4.54. The Kier molecular flexibility index (Phi) is 5.91. The number of likely N-dealkylation sites (N-methyl/N-ethyl adjacent to an activating group) is 1. The van der Waals surface area contributed by atoms with E-state index in [4.69, 9.17) is 4.74 Å². The summed E-state index contributed by atoms with van der Waals surface area (Å²) < 4.78 is 5.46. The third-order valence-electron chi connectivity index (χ3n) is 3.79. The maximum absolute atomic E-state index is 12.2. The van der Waals surface area contributed by atoms with Crippen molar-refractivity contribution in [1.29, 1.82) is 0 Å². The highest BCUT2D eigenvalue weighted by Gasteiger charge is 2.29. The van der Waals surface area contributed by atoms with Crippen molar-refractivity contribution >= 4 is 11.9 Å². The molecule has 0 aromatic heterocycles. The van der Waals surface area contributed by atoms with E-state index in [1.165, 1.54) is 0 Å². The van der Waals surface area contributed by atoms with E-state index in [0.717, 1.165) is 18.7 Å². The maximum atomic E-state index is 12.2. The van der Waals surface area contributed by atoms with Gasteiger partial charge in [0, 0.05) is 19.5 Å². The molecule has 1 fully saturated rings. The van der Waals surface area contributed by atoms with E-state index in [1.807, 2.05) is 37.3 Å². The molecule has 2 atom stereocenters. The van der Waals surface area contributed by atoms with Crippen LogP contribution in [-0.4, -0.2) is 60.3 Å². The van der Waals surface area contributed by atoms with Crippen LogP contribution in [0.3, 0.4) is 0 Å². The quantitative estimate of drug-likeness (QED) is 0.801. The van der Waals surface area contributed by atoms with Crippen LogP contribution in [0, 0.1) is 0 Å². The molecule has 0 saturated carbocycles. The van der Waals surface area contributed by atoms with Gasteiger partial charge in [0.25, 0.3) is 5.91 Å². The first-order valence-electron chi connectivity index (χ1n) is 7.51.